The SMILES string of the molecule is O=S(=O)(NC[C@](O)(c1ccccc1)C1CCOCC1)c1cccc2nsnc12. The molecule has 148 valence electrons. The van der Waals surface area contributed by atoms with Gasteiger partial charge in [-0.1, -0.05) is 36.4 Å². The van der Waals surface area contributed by atoms with Gasteiger partial charge in [0.1, 0.15) is 21.5 Å². The molecule has 1 fully saturated rings. The number of hydrogen-bond acceptors (Lipinski definition) is 7. The van der Waals surface area contributed by atoms with E-state index in [-0.39, 0.29) is 17.4 Å². The maximum absolute atomic E-state index is 13.0. The molecule has 1 aliphatic heterocycles. The van der Waals surface area contributed by atoms with Crippen LogP contribution < -0.4 is 4.72 Å². The maximum Gasteiger partial charge on any atom is 0.242 e. The van der Waals surface area contributed by atoms with Crippen molar-refractivity contribution in [3.05, 3.63) is 54.1 Å². The highest BCUT2D eigenvalue weighted by Gasteiger charge is 2.40. The van der Waals surface area contributed by atoms with Crippen LogP contribution in [0.1, 0.15) is 18.4 Å². The van der Waals surface area contributed by atoms with Gasteiger partial charge in [0.05, 0.1) is 11.7 Å². The normalized spacial score (nSPS) is 18.2. The average Bonchev–Trinajstić information content (AvgIpc) is 3.22. The van der Waals surface area contributed by atoms with Crippen LogP contribution in [-0.2, 0) is 20.4 Å². The largest absolute Gasteiger partial charge is 0.383 e. The molecule has 0 unspecified atom stereocenters. The molecule has 1 aliphatic rings. The van der Waals surface area contributed by atoms with Crippen LogP contribution in [0.5, 0.6) is 0 Å². The lowest BCUT2D eigenvalue weighted by Gasteiger charge is -2.39. The van der Waals surface area contributed by atoms with E-state index in [0.717, 1.165) is 11.7 Å². The van der Waals surface area contributed by atoms with E-state index in [4.69, 9.17) is 4.74 Å². The number of aliphatic hydroxyl groups is 1. The lowest BCUT2D eigenvalue weighted by molar-refractivity contribution is -0.0663. The Kier molecular flexibility index (Phi) is 5.44. The third-order valence-electron chi connectivity index (χ3n) is 5.24. The molecule has 3 aromatic rings. The molecule has 0 amide bonds. The Morgan fingerprint density at radius 3 is 2.61 bits per heavy atom. The standard InChI is InChI=1S/C19H21N3O4S2/c23-19(14-5-2-1-3-6-14,15-9-11-26-12-10-15)13-20-28(24,25)17-8-4-7-16-18(17)22-27-21-16/h1-8,15,20,23H,9-13H2/t19-/m0/s1. The van der Waals surface area contributed by atoms with Gasteiger partial charge in [0.2, 0.25) is 10.0 Å². The van der Waals surface area contributed by atoms with Gasteiger partial charge < -0.3 is 9.84 Å². The molecule has 1 saturated heterocycles. The van der Waals surface area contributed by atoms with E-state index in [9.17, 15) is 13.5 Å². The van der Waals surface area contributed by atoms with Crippen molar-refractivity contribution in [2.75, 3.05) is 19.8 Å². The minimum atomic E-state index is -3.87. The third-order valence-corrected chi connectivity index (χ3v) is 7.22. The summed E-state index contributed by atoms with van der Waals surface area (Å²) in [6.45, 7) is 0.977. The molecule has 0 spiro atoms. The van der Waals surface area contributed by atoms with E-state index in [0.29, 0.717) is 42.7 Å². The van der Waals surface area contributed by atoms with E-state index in [1.54, 1.807) is 12.1 Å². The van der Waals surface area contributed by atoms with Gasteiger partial charge in [-0.15, -0.1) is 0 Å². The van der Waals surface area contributed by atoms with E-state index >= 15 is 0 Å². The Bertz CT molecular complexity index is 1050. The van der Waals surface area contributed by atoms with Gasteiger partial charge in [0.25, 0.3) is 0 Å². The number of hydrogen-bond donors (Lipinski definition) is 2. The molecule has 28 heavy (non-hydrogen) atoms. The van der Waals surface area contributed by atoms with Crippen LogP contribution >= 0.6 is 11.7 Å². The molecule has 0 aliphatic carbocycles. The fourth-order valence-corrected chi connectivity index (χ4v) is 5.50. The molecular formula is C19H21N3O4S2. The summed E-state index contributed by atoms with van der Waals surface area (Å²) in [4.78, 5) is 0.0705. The number of benzene rings is 2. The molecule has 2 aromatic carbocycles. The van der Waals surface area contributed by atoms with Crippen molar-refractivity contribution < 1.29 is 18.3 Å². The zero-order valence-corrected chi connectivity index (χ0v) is 16.7. The van der Waals surface area contributed by atoms with E-state index in [1.165, 1.54) is 6.07 Å². The average molecular weight is 420 g/mol. The summed E-state index contributed by atoms with van der Waals surface area (Å²) in [5, 5.41) is 11.6. The van der Waals surface area contributed by atoms with Crippen molar-refractivity contribution in [1.82, 2.24) is 13.5 Å². The number of sulfonamides is 1. The van der Waals surface area contributed by atoms with E-state index in [1.807, 2.05) is 30.3 Å². The second-order valence-electron chi connectivity index (χ2n) is 6.89. The van der Waals surface area contributed by atoms with Crippen molar-refractivity contribution in [1.29, 1.82) is 0 Å². The predicted molar refractivity (Wildman–Crippen MR) is 106 cm³/mol. The smallest absolute Gasteiger partial charge is 0.242 e. The third kappa shape index (κ3) is 3.68. The minimum absolute atomic E-state index is 0.0705. The molecule has 9 heteroatoms. The first-order chi connectivity index (χ1) is 13.5. The molecule has 0 saturated carbocycles. The Morgan fingerprint density at radius 2 is 1.86 bits per heavy atom. The van der Waals surface area contributed by atoms with Gasteiger partial charge in [0, 0.05) is 19.8 Å². The predicted octanol–water partition coefficient (Wildman–Crippen LogP) is 2.28. The maximum atomic E-state index is 13.0. The molecule has 0 radical (unpaired) electrons. The number of aromatic nitrogens is 2. The Hall–Kier alpha value is -1.91. The summed E-state index contributed by atoms with van der Waals surface area (Å²) < 4.78 is 42.2. The van der Waals surface area contributed by atoms with Crippen LogP contribution in [-0.4, -0.2) is 42.0 Å². The number of ether oxygens (including phenoxy) is 1. The zero-order chi connectivity index (χ0) is 19.6. The summed E-state index contributed by atoms with van der Waals surface area (Å²) in [6, 6.07) is 14.1. The molecule has 2 heterocycles. The van der Waals surface area contributed by atoms with Gasteiger partial charge >= 0.3 is 0 Å². The fourth-order valence-electron chi connectivity index (χ4n) is 3.67. The highest BCUT2D eigenvalue weighted by Crippen LogP contribution is 2.36. The van der Waals surface area contributed by atoms with Crippen molar-refractivity contribution in [3.8, 4) is 0 Å². The van der Waals surface area contributed by atoms with Crippen molar-refractivity contribution >= 4 is 32.8 Å². The number of nitrogens with one attached hydrogen (secondary N) is 1. The highest BCUT2D eigenvalue weighted by atomic mass is 32.2. The number of fused-ring (bicyclic) bond motifs is 1. The Balaban J connectivity index is 1.65. The van der Waals surface area contributed by atoms with Gasteiger partial charge in [-0.05, 0) is 36.5 Å². The van der Waals surface area contributed by atoms with Crippen molar-refractivity contribution in [2.24, 2.45) is 5.92 Å². The second-order valence-corrected chi connectivity index (χ2v) is 9.15. The van der Waals surface area contributed by atoms with E-state index < -0.39 is 15.6 Å². The van der Waals surface area contributed by atoms with Gasteiger partial charge in [-0.2, -0.15) is 8.75 Å². The summed E-state index contributed by atoms with van der Waals surface area (Å²) in [5.74, 6) is -0.108. The lowest BCUT2D eigenvalue weighted by atomic mass is 9.77. The summed E-state index contributed by atoms with van der Waals surface area (Å²) >= 11 is 0.971. The summed E-state index contributed by atoms with van der Waals surface area (Å²) in [5.41, 5.74) is 0.245. The molecule has 4 rings (SSSR count). The number of rotatable bonds is 6. The van der Waals surface area contributed by atoms with Crippen LogP contribution in [0.3, 0.4) is 0 Å². The first-order valence-corrected chi connectivity index (χ1v) is 11.3. The van der Waals surface area contributed by atoms with Crippen LogP contribution in [0, 0.1) is 5.92 Å². The molecular weight excluding hydrogens is 398 g/mol. The molecule has 0 bridgehead atoms. The van der Waals surface area contributed by atoms with Crippen LogP contribution in [0.15, 0.2) is 53.4 Å². The van der Waals surface area contributed by atoms with Crippen LogP contribution in [0.25, 0.3) is 11.0 Å². The summed E-state index contributed by atoms with van der Waals surface area (Å²) in [7, 11) is -3.87. The first-order valence-electron chi connectivity index (χ1n) is 9.07. The van der Waals surface area contributed by atoms with Crippen molar-refractivity contribution in [2.45, 2.75) is 23.3 Å². The minimum Gasteiger partial charge on any atom is -0.383 e. The monoisotopic (exact) mass is 419 g/mol. The molecule has 2 N–H and O–H groups in total. The van der Waals surface area contributed by atoms with Gasteiger partial charge in [-0.25, -0.2) is 13.1 Å². The topological polar surface area (TPSA) is 101 Å². The van der Waals surface area contributed by atoms with E-state index in [2.05, 4.69) is 13.5 Å². The zero-order valence-electron chi connectivity index (χ0n) is 15.1. The molecule has 7 nitrogen and oxygen atoms in total. The van der Waals surface area contributed by atoms with Crippen LogP contribution in [0.4, 0.5) is 0 Å². The summed E-state index contributed by atoms with van der Waals surface area (Å²) in [6.07, 6.45) is 1.33. The van der Waals surface area contributed by atoms with Gasteiger partial charge in [0.15, 0.2) is 0 Å². The Morgan fingerprint density at radius 1 is 1.11 bits per heavy atom. The molecule has 1 aromatic heterocycles. The van der Waals surface area contributed by atoms with Crippen LogP contribution in [0.2, 0.25) is 0 Å². The highest BCUT2D eigenvalue weighted by molar-refractivity contribution is 7.89. The molecule has 1 atom stereocenters. The van der Waals surface area contributed by atoms with Crippen molar-refractivity contribution in [3.63, 3.8) is 0 Å². The lowest BCUT2D eigenvalue weighted by Crippen LogP contribution is -2.47. The second kappa shape index (κ2) is 7.84. The fraction of sp³-hybridized carbons (Fsp3) is 0.368. The quantitative estimate of drug-likeness (QED) is 0.636. The first kappa shape index (κ1) is 19.4. The van der Waals surface area contributed by atoms with Gasteiger partial charge in [-0.3, -0.25) is 0 Å². The number of nitrogens with zero attached hydrogens (tertiary/aromatic N) is 2. The Labute approximate surface area is 167 Å².